The summed E-state index contributed by atoms with van der Waals surface area (Å²) in [5, 5.41) is 0. The van der Waals surface area contributed by atoms with Gasteiger partial charge in [0, 0.05) is 0 Å². The Balaban J connectivity index is 3.42. The summed E-state index contributed by atoms with van der Waals surface area (Å²) in [5.41, 5.74) is 5.23. The van der Waals surface area contributed by atoms with Gasteiger partial charge in [-0.25, -0.2) is 0 Å². The quantitative estimate of drug-likeness (QED) is 0.506. The van der Waals surface area contributed by atoms with E-state index in [0.29, 0.717) is 18.6 Å². The van der Waals surface area contributed by atoms with Crippen molar-refractivity contribution in [1.29, 1.82) is 0 Å². The fourth-order valence-electron chi connectivity index (χ4n) is 0.911. The van der Waals surface area contributed by atoms with Crippen LogP contribution < -0.4 is 5.73 Å². The Morgan fingerprint density at radius 3 is 2.30 bits per heavy atom. The van der Waals surface area contributed by atoms with Gasteiger partial charge in [0.25, 0.3) is 0 Å². The maximum absolute atomic E-state index is 9.28. The number of hydrogen-bond acceptors (Lipinski definition) is 3. The first-order valence-electron chi connectivity index (χ1n) is 3.77. The zero-order valence-electron chi connectivity index (χ0n) is 6.51. The molecule has 0 aliphatic rings. The minimum absolute atomic E-state index is 0.525. The van der Waals surface area contributed by atoms with Gasteiger partial charge in [-0.2, -0.15) is 0 Å². The second-order valence-electron chi connectivity index (χ2n) is 2.62. The molecule has 0 bridgehead atoms. The molecule has 0 fully saturated rings. The van der Waals surface area contributed by atoms with E-state index in [0.717, 1.165) is 12.8 Å². The summed E-state index contributed by atoms with van der Waals surface area (Å²) >= 11 is 0. The van der Waals surface area contributed by atoms with E-state index >= 15 is 0 Å². The Kier molecular flexibility index (Phi) is 4.89. The van der Waals surface area contributed by atoms with Crippen molar-refractivity contribution in [3.8, 4) is 0 Å². The highest BCUT2D eigenvalue weighted by Gasteiger charge is 2.26. The number of nitrogens with two attached hydrogens (primary N) is 1. The fraction of sp³-hybridized carbons (Fsp3) is 1.00. The minimum atomic E-state index is -2.80. The van der Waals surface area contributed by atoms with Crippen LogP contribution in [0, 0.1) is 0 Å². The van der Waals surface area contributed by atoms with Crippen LogP contribution in [0.3, 0.4) is 0 Å². The summed E-state index contributed by atoms with van der Waals surface area (Å²) in [6, 6.07) is 1.10. The molecule has 4 N–H and O–H groups in total. The maximum Gasteiger partial charge on any atom is 0.332 e. The molecule has 0 atom stereocenters. The molecule has 62 valence electrons. The highest BCUT2D eigenvalue weighted by atomic mass is 28.4. The monoisotopic (exact) mass is 163 g/mol. The molecule has 0 aliphatic heterocycles. The lowest BCUT2D eigenvalue weighted by atomic mass is 10.5. The molecular formula is C6H17NO2Si. The SMILES string of the molecule is CCC[Si](O)(O)CCCN. The molecule has 0 aromatic carbocycles. The van der Waals surface area contributed by atoms with Crippen molar-refractivity contribution in [3.05, 3.63) is 0 Å². The van der Waals surface area contributed by atoms with Gasteiger partial charge in [-0.05, 0) is 25.1 Å². The predicted octanol–water partition coefficient (Wildman–Crippen LogP) is 0.172. The highest BCUT2D eigenvalue weighted by Crippen LogP contribution is 2.11. The molecule has 0 saturated heterocycles. The summed E-state index contributed by atoms with van der Waals surface area (Å²) in [7, 11) is -2.80. The van der Waals surface area contributed by atoms with E-state index in [9.17, 15) is 9.59 Å². The van der Waals surface area contributed by atoms with Crippen molar-refractivity contribution in [3.63, 3.8) is 0 Å². The van der Waals surface area contributed by atoms with Crippen molar-refractivity contribution < 1.29 is 9.59 Å². The van der Waals surface area contributed by atoms with Crippen LogP contribution in [0.15, 0.2) is 0 Å². The van der Waals surface area contributed by atoms with Crippen molar-refractivity contribution >= 4 is 8.56 Å². The minimum Gasteiger partial charge on any atom is -0.411 e. The van der Waals surface area contributed by atoms with Crippen LogP contribution in [0.4, 0.5) is 0 Å². The molecule has 0 aliphatic carbocycles. The molecular weight excluding hydrogens is 146 g/mol. The summed E-state index contributed by atoms with van der Waals surface area (Å²) in [6.07, 6.45) is 1.59. The molecule has 0 spiro atoms. The average Bonchev–Trinajstić information content (AvgIpc) is 1.84. The van der Waals surface area contributed by atoms with Gasteiger partial charge in [-0.3, -0.25) is 0 Å². The van der Waals surface area contributed by atoms with Crippen molar-refractivity contribution in [2.45, 2.75) is 31.9 Å². The Labute approximate surface area is 63.1 Å². The molecule has 0 aromatic rings. The number of rotatable bonds is 5. The average molecular weight is 163 g/mol. The normalized spacial score (nSPS) is 12.0. The van der Waals surface area contributed by atoms with E-state index in [-0.39, 0.29) is 0 Å². The van der Waals surface area contributed by atoms with Gasteiger partial charge in [0.1, 0.15) is 0 Å². The summed E-state index contributed by atoms with van der Waals surface area (Å²) in [4.78, 5) is 18.6. The zero-order chi connectivity index (χ0) is 8.04. The largest absolute Gasteiger partial charge is 0.411 e. The smallest absolute Gasteiger partial charge is 0.332 e. The highest BCUT2D eigenvalue weighted by molar-refractivity contribution is 6.64. The van der Waals surface area contributed by atoms with E-state index < -0.39 is 8.56 Å². The van der Waals surface area contributed by atoms with Crippen LogP contribution in [0.1, 0.15) is 19.8 Å². The molecule has 0 rings (SSSR count). The van der Waals surface area contributed by atoms with Gasteiger partial charge >= 0.3 is 8.56 Å². The Hall–Kier alpha value is 0.0969. The number of hydrogen-bond donors (Lipinski definition) is 3. The van der Waals surface area contributed by atoms with Crippen LogP contribution >= 0.6 is 0 Å². The standard InChI is InChI=1S/C6H17NO2Si/c1-2-5-10(8,9)6-3-4-7/h8-9H,2-7H2,1H3. The van der Waals surface area contributed by atoms with Crippen LogP contribution in [-0.2, 0) is 0 Å². The lowest BCUT2D eigenvalue weighted by molar-refractivity contribution is 0.354. The van der Waals surface area contributed by atoms with E-state index in [1.54, 1.807) is 0 Å². The van der Waals surface area contributed by atoms with Crippen LogP contribution in [0.2, 0.25) is 12.1 Å². The maximum atomic E-state index is 9.28. The topological polar surface area (TPSA) is 66.5 Å². The third kappa shape index (κ3) is 4.93. The second-order valence-corrected chi connectivity index (χ2v) is 5.59. The molecule has 0 unspecified atom stereocenters. The molecule has 0 radical (unpaired) electrons. The van der Waals surface area contributed by atoms with E-state index in [1.807, 2.05) is 6.92 Å². The molecule has 0 saturated carbocycles. The van der Waals surface area contributed by atoms with Crippen molar-refractivity contribution in [2.75, 3.05) is 6.54 Å². The second kappa shape index (κ2) is 4.84. The molecule has 4 heteroatoms. The molecule has 0 aromatic heterocycles. The summed E-state index contributed by atoms with van der Waals surface area (Å²) in [6.45, 7) is 2.51. The molecule has 0 heterocycles. The van der Waals surface area contributed by atoms with E-state index in [2.05, 4.69) is 0 Å². The first-order chi connectivity index (χ1) is 4.62. The van der Waals surface area contributed by atoms with Crippen LogP contribution in [0.5, 0.6) is 0 Å². The first kappa shape index (κ1) is 10.1. The van der Waals surface area contributed by atoms with E-state index in [1.165, 1.54) is 0 Å². The third-order valence-electron chi connectivity index (χ3n) is 1.43. The molecule has 10 heavy (non-hydrogen) atoms. The lowest BCUT2D eigenvalue weighted by Crippen LogP contribution is -2.34. The molecule has 3 nitrogen and oxygen atoms in total. The van der Waals surface area contributed by atoms with Gasteiger partial charge in [-0.1, -0.05) is 13.3 Å². The summed E-state index contributed by atoms with van der Waals surface area (Å²) < 4.78 is 0. The predicted molar refractivity (Wildman–Crippen MR) is 43.8 cm³/mol. The van der Waals surface area contributed by atoms with Crippen LogP contribution in [-0.4, -0.2) is 24.7 Å². The van der Waals surface area contributed by atoms with Gasteiger partial charge in [0.05, 0.1) is 0 Å². The van der Waals surface area contributed by atoms with Gasteiger partial charge in [0.15, 0.2) is 0 Å². The lowest BCUT2D eigenvalue weighted by Gasteiger charge is -2.15. The van der Waals surface area contributed by atoms with Crippen molar-refractivity contribution in [1.82, 2.24) is 0 Å². The zero-order valence-corrected chi connectivity index (χ0v) is 7.51. The van der Waals surface area contributed by atoms with Crippen LogP contribution in [0.25, 0.3) is 0 Å². The Morgan fingerprint density at radius 2 is 1.90 bits per heavy atom. The first-order valence-corrected chi connectivity index (χ1v) is 6.08. The van der Waals surface area contributed by atoms with Gasteiger partial charge in [-0.15, -0.1) is 0 Å². The van der Waals surface area contributed by atoms with Gasteiger partial charge < -0.3 is 15.3 Å². The summed E-state index contributed by atoms with van der Waals surface area (Å²) in [5.74, 6) is 0. The fourth-order valence-corrected chi connectivity index (χ4v) is 2.73. The Bertz CT molecular complexity index is 87.8. The Morgan fingerprint density at radius 1 is 1.30 bits per heavy atom. The third-order valence-corrected chi connectivity index (χ3v) is 3.89. The van der Waals surface area contributed by atoms with Gasteiger partial charge in [0.2, 0.25) is 0 Å². The van der Waals surface area contributed by atoms with Crippen molar-refractivity contribution in [2.24, 2.45) is 5.73 Å². The molecule has 0 amide bonds. The van der Waals surface area contributed by atoms with E-state index in [4.69, 9.17) is 5.73 Å².